The van der Waals surface area contributed by atoms with E-state index in [1.165, 1.54) is 25.7 Å². The standard InChI is InChI=1S/C20H24N6/c1-14-15(2)23-20(16-6-5-10-21-12-16)24-19(14)22-13-17-9-11-26(25-17)18-7-3-4-8-18/h5-6,9-12,18H,3-4,7-8,13H2,1-2H3,(H,22,23,24). The fourth-order valence-electron chi connectivity index (χ4n) is 3.44. The molecule has 134 valence electrons. The second kappa shape index (κ2) is 7.23. The second-order valence-electron chi connectivity index (χ2n) is 6.93. The van der Waals surface area contributed by atoms with Crippen molar-refractivity contribution in [1.82, 2.24) is 24.7 Å². The van der Waals surface area contributed by atoms with E-state index in [4.69, 9.17) is 10.1 Å². The molecule has 1 N–H and O–H groups in total. The van der Waals surface area contributed by atoms with Crippen molar-refractivity contribution in [2.45, 2.75) is 52.1 Å². The molecule has 0 radical (unpaired) electrons. The highest BCUT2D eigenvalue weighted by Gasteiger charge is 2.17. The van der Waals surface area contributed by atoms with Crippen molar-refractivity contribution in [3.63, 3.8) is 0 Å². The number of nitrogens with one attached hydrogen (secondary N) is 1. The highest BCUT2D eigenvalue weighted by molar-refractivity contribution is 5.58. The van der Waals surface area contributed by atoms with Crippen LogP contribution < -0.4 is 5.32 Å². The molecule has 0 amide bonds. The van der Waals surface area contributed by atoms with E-state index in [-0.39, 0.29) is 0 Å². The molecular weight excluding hydrogens is 324 g/mol. The van der Waals surface area contributed by atoms with Crippen molar-refractivity contribution in [2.75, 3.05) is 5.32 Å². The first-order valence-electron chi connectivity index (χ1n) is 9.24. The van der Waals surface area contributed by atoms with Gasteiger partial charge >= 0.3 is 0 Å². The van der Waals surface area contributed by atoms with E-state index in [1.807, 2.05) is 26.0 Å². The van der Waals surface area contributed by atoms with Crippen LogP contribution in [-0.4, -0.2) is 24.7 Å². The summed E-state index contributed by atoms with van der Waals surface area (Å²) < 4.78 is 2.13. The van der Waals surface area contributed by atoms with Crippen LogP contribution in [0.3, 0.4) is 0 Å². The third-order valence-corrected chi connectivity index (χ3v) is 5.11. The predicted molar refractivity (Wildman–Crippen MR) is 102 cm³/mol. The average Bonchev–Trinajstić information content (AvgIpc) is 3.35. The molecule has 0 atom stereocenters. The third-order valence-electron chi connectivity index (χ3n) is 5.11. The molecule has 6 nitrogen and oxygen atoms in total. The van der Waals surface area contributed by atoms with E-state index >= 15 is 0 Å². The summed E-state index contributed by atoms with van der Waals surface area (Å²) in [5.74, 6) is 1.55. The van der Waals surface area contributed by atoms with Gasteiger partial charge in [0, 0.05) is 35.4 Å². The quantitative estimate of drug-likeness (QED) is 0.752. The first kappa shape index (κ1) is 16.7. The van der Waals surface area contributed by atoms with Gasteiger partial charge in [0.25, 0.3) is 0 Å². The first-order valence-corrected chi connectivity index (χ1v) is 9.24. The van der Waals surface area contributed by atoms with Crippen LogP contribution in [0.5, 0.6) is 0 Å². The number of aromatic nitrogens is 5. The van der Waals surface area contributed by atoms with Crippen LogP contribution in [0, 0.1) is 13.8 Å². The number of anilines is 1. The summed E-state index contributed by atoms with van der Waals surface area (Å²) in [6.07, 6.45) is 10.8. The molecule has 1 aliphatic carbocycles. The zero-order valence-electron chi connectivity index (χ0n) is 15.3. The molecule has 4 rings (SSSR count). The van der Waals surface area contributed by atoms with E-state index in [0.717, 1.165) is 28.3 Å². The summed E-state index contributed by atoms with van der Waals surface area (Å²) in [4.78, 5) is 13.5. The molecule has 0 spiro atoms. The monoisotopic (exact) mass is 348 g/mol. The molecule has 6 heteroatoms. The Bertz CT molecular complexity index is 881. The lowest BCUT2D eigenvalue weighted by Gasteiger charge is -2.12. The maximum atomic E-state index is 4.74. The number of hydrogen-bond donors (Lipinski definition) is 1. The number of rotatable bonds is 5. The predicted octanol–water partition coefficient (Wildman–Crippen LogP) is 4.08. The highest BCUT2D eigenvalue weighted by Crippen LogP contribution is 2.28. The zero-order chi connectivity index (χ0) is 17.9. The largest absolute Gasteiger partial charge is 0.364 e. The third kappa shape index (κ3) is 3.45. The van der Waals surface area contributed by atoms with Crippen LogP contribution in [0.25, 0.3) is 11.4 Å². The fourth-order valence-corrected chi connectivity index (χ4v) is 3.44. The smallest absolute Gasteiger partial charge is 0.163 e. The van der Waals surface area contributed by atoms with Gasteiger partial charge in [-0.3, -0.25) is 9.67 Å². The Labute approximate surface area is 153 Å². The van der Waals surface area contributed by atoms with Crippen LogP contribution in [0.1, 0.15) is 48.7 Å². The Balaban J connectivity index is 1.52. The van der Waals surface area contributed by atoms with Gasteiger partial charge in [-0.2, -0.15) is 5.10 Å². The molecule has 3 aromatic heterocycles. The van der Waals surface area contributed by atoms with Crippen LogP contribution >= 0.6 is 0 Å². The summed E-state index contributed by atoms with van der Waals surface area (Å²) in [7, 11) is 0. The van der Waals surface area contributed by atoms with Crippen LogP contribution in [0.4, 0.5) is 5.82 Å². The molecule has 0 saturated heterocycles. The lowest BCUT2D eigenvalue weighted by molar-refractivity contribution is 0.463. The Kier molecular flexibility index (Phi) is 4.65. The Morgan fingerprint density at radius 1 is 1.15 bits per heavy atom. The van der Waals surface area contributed by atoms with E-state index in [0.29, 0.717) is 18.4 Å². The maximum Gasteiger partial charge on any atom is 0.163 e. The number of hydrogen-bond acceptors (Lipinski definition) is 5. The topological polar surface area (TPSA) is 68.5 Å². The van der Waals surface area contributed by atoms with Gasteiger partial charge in [0.2, 0.25) is 0 Å². The molecule has 1 saturated carbocycles. The van der Waals surface area contributed by atoms with Gasteiger partial charge in [0.1, 0.15) is 5.82 Å². The Morgan fingerprint density at radius 2 is 2.00 bits per heavy atom. The van der Waals surface area contributed by atoms with E-state index in [9.17, 15) is 0 Å². The summed E-state index contributed by atoms with van der Waals surface area (Å²) in [5, 5.41) is 8.18. The SMILES string of the molecule is Cc1nc(-c2cccnc2)nc(NCc2ccn(C3CCCC3)n2)c1C. The van der Waals surface area contributed by atoms with Gasteiger partial charge < -0.3 is 5.32 Å². The normalized spacial score (nSPS) is 14.7. The van der Waals surface area contributed by atoms with Crippen molar-refractivity contribution in [3.05, 3.63) is 53.7 Å². The molecule has 1 aliphatic rings. The molecule has 0 aromatic carbocycles. The van der Waals surface area contributed by atoms with Gasteiger partial charge in [-0.1, -0.05) is 12.8 Å². The van der Waals surface area contributed by atoms with Crippen molar-refractivity contribution < 1.29 is 0 Å². The van der Waals surface area contributed by atoms with Gasteiger partial charge in [-0.15, -0.1) is 0 Å². The van der Waals surface area contributed by atoms with Crippen molar-refractivity contribution >= 4 is 5.82 Å². The summed E-state index contributed by atoms with van der Waals surface area (Å²) in [5.41, 5.74) is 3.99. The minimum absolute atomic E-state index is 0.573. The minimum atomic E-state index is 0.573. The lowest BCUT2D eigenvalue weighted by atomic mass is 10.2. The van der Waals surface area contributed by atoms with Crippen molar-refractivity contribution in [3.8, 4) is 11.4 Å². The Hall–Kier alpha value is -2.76. The molecule has 26 heavy (non-hydrogen) atoms. The molecule has 0 bridgehead atoms. The van der Waals surface area contributed by atoms with E-state index in [1.54, 1.807) is 12.4 Å². The average molecular weight is 348 g/mol. The fraction of sp³-hybridized carbons (Fsp3) is 0.400. The maximum absolute atomic E-state index is 4.74. The molecule has 0 aliphatic heterocycles. The second-order valence-corrected chi connectivity index (χ2v) is 6.93. The first-order chi connectivity index (χ1) is 12.7. The molecule has 3 aromatic rings. The van der Waals surface area contributed by atoms with Gasteiger partial charge in [-0.05, 0) is 44.9 Å². The molecule has 3 heterocycles. The van der Waals surface area contributed by atoms with Crippen LogP contribution in [0.15, 0.2) is 36.8 Å². The van der Waals surface area contributed by atoms with Crippen molar-refractivity contribution in [1.29, 1.82) is 0 Å². The summed E-state index contributed by atoms with van der Waals surface area (Å²) >= 11 is 0. The van der Waals surface area contributed by atoms with Gasteiger partial charge in [0.05, 0.1) is 18.3 Å². The molecule has 1 fully saturated rings. The highest BCUT2D eigenvalue weighted by atomic mass is 15.3. The minimum Gasteiger partial charge on any atom is -0.364 e. The van der Waals surface area contributed by atoms with Crippen LogP contribution in [0.2, 0.25) is 0 Å². The number of aryl methyl sites for hydroxylation is 1. The molecule has 0 unspecified atom stereocenters. The van der Waals surface area contributed by atoms with E-state index < -0.39 is 0 Å². The van der Waals surface area contributed by atoms with Crippen molar-refractivity contribution in [2.24, 2.45) is 0 Å². The summed E-state index contributed by atoms with van der Waals surface area (Å²) in [6, 6.07) is 6.54. The lowest BCUT2D eigenvalue weighted by Crippen LogP contribution is -2.09. The van der Waals surface area contributed by atoms with E-state index in [2.05, 4.69) is 32.2 Å². The number of nitrogens with zero attached hydrogens (tertiary/aromatic N) is 5. The summed E-state index contributed by atoms with van der Waals surface area (Å²) in [6.45, 7) is 4.71. The Morgan fingerprint density at radius 3 is 2.77 bits per heavy atom. The zero-order valence-corrected chi connectivity index (χ0v) is 15.3. The molecular formula is C20H24N6. The number of pyridine rings is 1. The van der Waals surface area contributed by atoms with Crippen LogP contribution in [-0.2, 0) is 6.54 Å². The van der Waals surface area contributed by atoms with Gasteiger partial charge in [0.15, 0.2) is 5.82 Å². The van der Waals surface area contributed by atoms with Gasteiger partial charge in [-0.25, -0.2) is 9.97 Å².